The fourth-order valence-corrected chi connectivity index (χ4v) is 1.33. The number of esters is 1. The van der Waals surface area contributed by atoms with Gasteiger partial charge in [-0.1, -0.05) is 30.3 Å². The Balaban J connectivity index is 2.70. The molecule has 1 aromatic rings. The summed E-state index contributed by atoms with van der Waals surface area (Å²) in [6, 6.07) is 8.26. The molecule has 2 N–H and O–H groups in total. The van der Waals surface area contributed by atoms with Gasteiger partial charge in [0.05, 0.1) is 7.11 Å². The zero-order valence-electron chi connectivity index (χ0n) is 8.84. The van der Waals surface area contributed by atoms with Gasteiger partial charge < -0.3 is 15.2 Å². The van der Waals surface area contributed by atoms with E-state index in [2.05, 4.69) is 10.1 Å². The Hall–Kier alpha value is -2.04. The zero-order chi connectivity index (χ0) is 12.0. The van der Waals surface area contributed by atoms with E-state index in [0.717, 1.165) is 5.56 Å². The number of carbonyl (C=O) groups is 2. The van der Waals surface area contributed by atoms with Crippen molar-refractivity contribution in [3.63, 3.8) is 0 Å². The summed E-state index contributed by atoms with van der Waals surface area (Å²) in [5.74, 6) is -0.591. The molecule has 1 atom stereocenters. The molecule has 0 aromatic heterocycles. The lowest BCUT2D eigenvalue weighted by atomic mass is 10.1. The van der Waals surface area contributed by atoms with Crippen molar-refractivity contribution < 1.29 is 19.4 Å². The molecule has 0 saturated carbocycles. The standard InChI is InChI=1S/C11H13NO4/c1-16-10(13)9(12-11(14)15)7-8-5-3-2-4-6-8/h2-6,9,12H,7H2,1H3,(H,14,15). The van der Waals surface area contributed by atoms with Crippen LogP contribution in [0.3, 0.4) is 0 Å². The molecule has 16 heavy (non-hydrogen) atoms. The van der Waals surface area contributed by atoms with Crippen LogP contribution in [0.15, 0.2) is 30.3 Å². The third-order valence-corrected chi connectivity index (χ3v) is 2.07. The van der Waals surface area contributed by atoms with Gasteiger partial charge in [-0.3, -0.25) is 0 Å². The van der Waals surface area contributed by atoms with Crippen LogP contribution < -0.4 is 5.32 Å². The average Bonchev–Trinajstić information content (AvgIpc) is 2.28. The molecule has 1 amide bonds. The molecule has 5 nitrogen and oxygen atoms in total. The molecule has 0 aliphatic heterocycles. The summed E-state index contributed by atoms with van der Waals surface area (Å²) in [4.78, 5) is 21.8. The number of carbonyl (C=O) groups excluding carboxylic acids is 1. The minimum absolute atomic E-state index is 0.278. The molecule has 1 unspecified atom stereocenters. The fourth-order valence-electron chi connectivity index (χ4n) is 1.33. The van der Waals surface area contributed by atoms with Crippen LogP contribution in [-0.4, -0.2) is 30.3 Å². The number of hydrogen-bond donors (Lipinski definition) is 2. The van der Waals surface area contributed by atoms with Crippen LogP contribution in [0.1, 0.15) is 5.56 Å². The lowest BCUT2D eigenvalue weighted by molar-refractivity contribution is -0.142. The molecule has 0 bridgehead atoms. The summed E-state index contributed by atoms with van der Waals surface area (Å²) in [5.41, 5.74) is 0.867. The Labute approximate surface area is 93.0 Å². The lowest BCUT2D eigenvalue weighted by Crippen LogP contribution is -2.42. The molecule has 1 rings (SSSR count). The first-order valence-corrected chi connectivity index (χ1v) is 4.74. The first kappa shape index (κ1) is 12.0. The maximum absolute atomic E-state index is 11.3. The first-order chi connectivity index (χ1) is 7.63. The molecule has 0 spiro atoms. The van der Waals surface area contributed by atoms with E-state index in [1.807, 2.05) is 30.3 Å². The highest BCUT2D eigenvalue weighted by Gasteiger charge is 2.21. The number of carboxylic acid groups (broad SMARTS) is 1. The molecule has 86 valence electrons. The van der Waals surface area contributed by atoms with Gasteiger partial charge in [-0.25, -0.2) is 9.59 Å². The largest absolute Gasteiger partial charge is 0.467 e. The average molecular weight is 223 g/mol. The van der Waals surface area contributed by atoms with E-state index in [9.17, 15) is 9.59 Å². The fraction of sp³-hybridized carbons (Fsp3) is 0.273. The van der Waals surface area contributed by atoms with Gasteiger partial charge in [0.2, 0.25) is 0 Å². The number of ether oxygens (including phenoxy) is 1. The maximum Gasteiger partial charge on any atom is 0.405 e. The Morgan fingerprint density at radius 2 is 2.00 bits per heavy atom. The van der Waals surface area contributed by atoms with E-state index in [1.165, 1.54) is 7.11 Å². The molecule has 0 aliphatic carbocycles. The molecule has 5 heteroatoms. The van der Waals surface area contributed by atoms with Crippen LogP contribution in [0.5, 0.6) is 0 Å². The van der Waals surface area contributed by atoms with Gasteiger partial charge in [0, 0.05) is 6.42 Å². The normalized spacial score (nSPS) is 11.6. The molecule has 0 radical (unpaired) electrons. The van der Waals surface area contributed by atoms with Gasteiger partial charge in [0.1, 0.15) is 6.04 Å². The van der Waals surface area contributed by atoms with E-state index in [1.54, 1.807) is 0 Å². The minimum atomic E-state index is -1.24. The third kappa shape index (κ3) is 3.61. The quantitative estimate of drug-likeness (QED) is 0.748. The number of nitrogens with one attached hydrogen (secondary N) is 1. The van der Waals surface area contributed by atoms with Crippen molar-refractivity contribution in [1.82, 2.24) is 5.32 Å². The number of methoxy groups -OCH3 is 1. The van der Waals surface area contributed by atoms with Crippen molar-refractivity contribution in [1.29, 1.82) is 0 Å². The smallest absolute Gasteiger partial charge is 0.405 e. The van der Waals surface area contributed by atoms with Crippen LogP contribution >= 0.6 is 0 Å². The summed E-state index contributed by atoms with van der Waals surface area (Å²) >= 11 is 0. The Morgan fingerprint density at radius 1 is 1.38 bits per heavy atom. The topological polar surface area (TPSA) is 75.6 Å². The summed E-state index contributed by atoms with van der Waals surface area (Å²) in [5, 5.41) is 10.7. The van der Waals surface area contributed by atoms with Gasteiger partial charge in [-0.2, -0.15) is 0 Å². The van der Waals surface area contributed by atoms with Crippen molar-refractivity contribution in [2.24, 2.45) is 0 Å². The van der Waals surface area contributed by atoms with E-state index < -0.39 is 18.1 Å². The number of benzene rings is 1. The van der Waals surface area contributed by atoms with Gasteiger partial charge in [0.15, 0.2) is 0 Å². The predicted octanol–water partition coefficient (Wildman–Crippen LogP) is 1.04. The molecular weight excluding hydrogens is 210 g/mol. The maximum atomic E-state index is 11.3. The van der Waals surface area contributed by atoms with E-state index in [0.29, 0.717) is 0 Å². The molecule has 0 aliphatic rings. The molecule has 1 aromatic carbocycles. The SMILES string of the molecule is COC(=O)C(Cc1ccccc1)NC(=O)O. The predicted molar refractivity (Wildman–Crippen MR) is 57.1 cm³/mol. The van der Waals surface area contributed by atoms with Crippen molar-refractivity contribution in [3.05, 3.63) is 35.9 Å². The highest BCUT2D eigenvalue weighted by atomic mass is 16.5. The second-order valence-electron chi connectivity index (χ2n) is 3.21. The van der Waals surface area contributed by atoms with E-state index in [-0.39, 0.29) is 6.42 Å². The minimum Gasteiger partial charge on any atom is -0.467 e. The van der Waals surface area contributed by atoms with Crippen LogP contribution in [0.2, 0.25) is 0 Å². The molecule has 0 fully saturated rings. The Bertz CT molecular complexity index is 364. The molecule has 0 saturated heterocycles. The highest BCUT2D eigenvalue weighted by molar-refractivity contribution is 5.80. The lowest BCUT2D eigenvalue weighted by Gasteiger charge is -2.14. The summed E-state index contributed by atoms with van der Waals surface area (Å²) < 4.78 is 4.52. The van der Waals surface area contributed by atoms with Crippen molar-refractivity contribution in [3.8, 4) is 0 Å². The monoisotopic (exact) mass is 223 g/mol. The number of amides is 1. The van der Waals surface area contributed by atoms with Crippen molar-refractivity contribution >= 4 is 12.1 Å². The highest BCUT2D eigenvalue weighted by Crippen LogP contribution is 2.04. The Kier molecular flexibility index (Phi) is 4.32. The molecular formula is C11H13NO4. The Morgan fingerprint density at radius 3 is 2.50 bits per heavy atom. The number of rotatable bonds is 4. The third-order valence-electron chi connectivity index (χ3n) is 2.07. The van der Waals surface area contributed by atoms with Crippen molar-refractivity contribution in [2.45, 2.75) is 12.5 Å². The van der Waals surface area contributed by atoms with Gasteiger partial charge in [0.25, 0.3) is 0 Å². The van der Waals surface area contributed by atoms with Gasteiger partial charge in [-0.05, 0) is 5.56 Å². The molecule has 0 heterocycles. The van der Waals surface area contributed by atoms with Gasteiger partial charge >= 0.3 is 12.1 Å². The van der Waals surface area contributed by atoms with Crippen LogP contribution in [0.4, 0.5) is 4.79 Å². The van der Waals surface area contributed by atoms with Gasteiger partial charge in [-0.15, -0.1) is 0 Å². The second-order valence-corrected chi connectivity index (χ2v) is 3.21. The zero-order valence-corrected chi connectivity index (χ0v) is 8.84. The van der Waals surface area contributed by atoms with Crippen LogP contribution in [-0.2, 0) is 16.0 Å². The number of hydrogen-bond acceptors (Lipinski definition) is 3. The second kappa shape index (κ2) is 5.75. The summed E-state index contributed by atoms with van der Waals surface area (Å²) in [6.07, 6.45) is -0.967. The summed E-state index contributed by atoms with van der Waals surface area (Å²) in [7, 11) is 1.23. The van der Waals surface area contributed by atoms with Crippen LogP contribution in [0, 0.1) is 0 Å². The van der Waals surface area contributed by atoms with Crippen molar-refractivity contribution in [2.75, 3.05) is 7.11 Å². The van der Waals surface area contributed by atoms with E-state index >= 15 is 0 Å². The summed E-state index contributed by atoms with van der Waals surface area (Å²) in [6.45, 7) is 0. The van der Waals surface area contributed by atoms with E-state index in [4.69, 9.17) is 5.11 Å². The van der Waals surface area contributed by atoms with Crippen LogP contribution in [0.25, 0.3) is 0 Å². The first-order valence-electron chi connectivity index (χ1n) is 4.74.